The molecule has 1 N–H and O–H groups in total. The number of carbonyl (C=O) groups excluding carboxylic acids is 1. The lowest BCUT2D eigenvalue weighted by Crippen LogP contribution is -2.37. The third kappa shape index (κ3) is 3.89. The van der Waals surface area contributed by atoms with Gasteiger partial charge < -0.3 is 10.2 Å². The van der Waals surface area contributed by atoms with E-state index in [4.69, 9.17) is 0 Å². The summed E-state index contributed by atoms with van der Waals surface area (Å²) in [5.41, 5.74) is 3.69. The summed E-state index contributed by atoms with van der Waals surface area (Å²) >= 11 is 0. The highest BCUT2D eigenvalue weighted by Gasteiger charge is 2.21. The first kappa shape index (κ1) is 15.5. The molecule has 1 aromatic carbocycles. The maximum Gasteiger partial charge on any atom is 0.255 e. The van der Waals surface area contributed by atoms with E-state index in [0.717, 1.165) is 37.3 Å². The van der Waals surface area contributed by atoms with Crippen molar-refractivity contribution in [3.63, 3.8) is 0 Å². The van der Waals surface area contributed by atoms with Gasteiger partial charge in [-0.05, 0) is 49.4 Å². The van der Waals surface area contributed by atoms with Crippen molar-refractivity contribution < 1.29 is 4.79 Å². The number of aryl methyl sites for hydroxylation is 1. The van der Waals surface area contributed by atoms with Crippen LogP contribution in [0.15, 0.2) is 42.7 Å². The van der Waals surface area contributed by atoms with Crippen LogP contribution in [-0.2, 0) is 0 Å². The Kier molecular flexibility index (Phi) is 4.60. The number of pyridine rings is 1. The molecule has 0 aliphatic carbocycles. The Labute approximate surface area is 137 Å². The summed E-state index contributed by atoms with van der Waals surface area (Å²) in [5.74, 6) is 0.795. The van der Waals surface area contributed by atoms with Gasteiger partial charge in [0.15, 0.2) is 0 Å². The molecule has 3 rings (SSSR count). The highest BCUT2D eigenvalue weighted by atomic mass is 16.2. The van der Waals surface area contributed by atoms with E-state index in [1.807, 2.05) is 23.1 Å². The van der Waals surface area contributed by atoms with Gasteiger partial charge in [-0.25, -0.2) is 0 Å². The molecule has 120 valence electrons. The smallest absolute Gasteiger partial charge is 0.255 e. The van der Waals surface area contributed by atoms with Crippen molar-refractivity contribution in [1.82, 2.24) is 9.88 Å². The van der Waals surface area contributed by atoms with Gasteiger partial charge >= 0.3 is 0 Å². The Morgan fingerprint density at radius 1 is 1.17 bits per heavy atom. The molecule has 0 radical (unpaired) electrons. The summed E-state index contributed by atoms with van der Waals surface area (Å²) in [6, 6.07) is 10.0. The van der Waals surface area contributed by atoms with Gasteiger partial charge in [0, 0.05) is 25.0 Å². The van der Waals surface area contributed by atoms with Crippen LogP contribution in [0, 0.1) is 12.8 Å². The summed E-state index contributed by atoms with van der Waals surface area (Å²) in [5, 5.41) is 3.32. The van der Waals surface area contributed by atoms with Crippen molar-refractivity contribution in [2.75, 3.05) is 18.4 Å². The highest BCUT2D eigenvalue weighted by molar-refractivity contribution is 5.95. The number of amides is 1. The Morgan fingerprint density at radius 2 is 1.96 bits per heavy atom. The number of hydrogen-bond acceptors (Lipinski definition) is 3. The van der Waals surface area contributed by atoms with Crippen molar-refractivity contribution >= 4 is 17.3 Å². The van der Waals surface area contributed by atoms with Crippen LogP contribution in [0.3, 0.4) is 0 Å². The van der Waals surface area contributed by atoms with Gasteiger partial charge in [-0.15, -0.1) is 0 Å². The number of nitrogens with zero attached hydrogens (tertiary/aromatic N) is 2. The SMILES string of the molecule is Cc1cccc(Nc2cncc(C(=O)N3CCC(C)CC3)c2)c1. The number of likely N-dealkylation sites (tertiary alicyclic amines) is 1. The zero-order chi connectivity index (χ0) is 16.2. The van der Waals surface area contributed by atoms with Gasteiger partial charge in [0.1, 0.15) is 0 Å². The van der Waals surface area contributed by atoms with E-state index in [1.165, 1.54) is 5.56 Å². The molecule has 1 fully saturated rings. The average Bonchev–Trinajstić information content (AvgIpc) is 2.55. The molecule has 0 unspecified atom stereocenters. The lowest BCUT2D eigenvalue weighted by Gasteiger charge is -2.30. The molecule has 1 amide bonds. The Balaban J connectivity index is 1.73. The van der Waals surface area contributed by atoms with E-state index in [2.05, 4.69) is 36.3 Å². The van der Waals surface area contributed by atoms with Crippen molar-refractivity contribution in [2.45, 2.75) is 26.7 Å². The van der Waals surface area contributed by atoms with Crippen molar-refractivity contribution in [3.05, 3.63) is 53.9 Å². The van der Waals surface area contributed by atoms with E-state index in [-0.39, 0.29) is 5.91 Å². The number of aromatic nitrogens is 1. The molecular weight excluding hydrogens is 286 g/mol. The molecule has 2 heterocycles. The summed E-state index contributed by atoms with van der Waals surface area (Å²) in [4.78, 5) is 18.8. The maximum absolute atomic E-state index is 12.6. The summed E-state index contributed by atoms with van der Waals surface area (Å²) < 4.78 is 0. The van der Waals surface area contributed by atoms with E-state index in [0.29, 0.717) is 11.5 Å². The fourth-order valence-electron chi connectivity index (χ4n) is 2.91. The number of piperidine rings is 1. The maximum atomic E-state index is 12.6. The second-order valence-corrected chi connectivity index (χ2v) is 6.43. The molecule has 0 saturated carbocycles. The minimum absolute atomic E-state index is 0.0808. The number of carbonyl (C=O) groups is 1. The number of anilines is 2. The number of benzene rings is 1. The van der Waals surface area contributed by atoms with Gasteiger partial charge in [0.05, 0.1) is 17.4 Å². The van der Waals surface area contributed by atoms with Crippen molar-refractivity contribution in [2.24, 2.45) is 5.92 Å². The van der Waals surface area contributed by atoms with Crippen LogP contribution in [0.1, 0.15) is 35.7 Å². The van der Waals surface area contributed by atoms with Gasteiger partial charge in [0.25, 0.3) is 5.91 Å². The second kappa shape index (κ2) is 6.82. The van der Waals surface area contributed by atoms with Crippen LogP contribution in [0.5, 0.6) is 0 Å². The predicted molar refractivity (Wildman–Crippen MR) is 93.0 cm³/mol. The molecule has 0 spiro atoms. The Bertz CT molecular complexity index is 691. The van der Waals surface area contributed by atoms with Crippen LogP contribution < -0.4 is 5.32 Å². The molecule has 1 saturated heterocycles. The van der Waals surface area contributed by atoms with Gasteiger partial charge in [-0.3, -0.25) is 9.78 Å². The normalized spacial score (nSPS) is 15.5. The third-order valence-electron chi connectivity index (χ3n) is 4.36. The highest BCUT2D eigenvalue weighted by Crippen LogP contribution is 2.21. The quantitative estimate of drug-likeness (QED) is 0.932. The first-order valence-electron chi connectivity index (χ1n) is 8.20. The van der Waals surface area contributed by atoms with Crippen LogP contribution in [0.4, 0.5) is 11.4 Å². The minimum atomic E-state index is 0.0808. The van der Waals surface area contributed by atoms with Crippen molar-refractivity contribution in [3.8, 4) is 0 Å². The summed E-state index contributed by atoms with van der Waals surface area (Å²) in [7, 11) is 0. The third-order valence-corrected chi connectivity index (χ3v) is 4.36. The lowest BCUT2D eigenvalue weighted by atomic mass is 9.99. The van der Waals surface area contributed by atoms with Gasteiger partial charge in [-0.2, -0.15) is 0 Å². The molecule has 0 atom stereocenters. The van der Waals surface area contributed by atoms with E-state index in [1.54, 1.807) is 12.4 Å². The summed E-state index contributed by atoms with van der Waals surface area (Å²) in [6.45, 7) is 5.99. The summed E-state index contributed by atoms with van der Waals surface area (Å²) in [6.07, 6.45) is 5.57. The minimum Gasteiger partial charge on any atom is -0.354 e. The average molecular weight is 309 g/mol. The fourth-order valence-corrected chi connectivity index (χ4v) is 2.91. The largest absolute Gasteiger partial charge is 0.354 e. The number of rotatable bonds is 3. The fraction of sp³-hybridized carbons (Fsp3) is 0.368. The molecule has 4 nitrogen and oxygen atoms in total. The van der Waals surface area contributed by atoms with E-state index < -0.39 is 0 Å². The van der Waals surface area contributed by atoms with E-state index in [9.17, 15) is 4.79 Å². The Hall–Kier alpha value is -2.36. The molecule has 1 aromatic heterocycles. The second-order valence-electron chi connectivity index (χ2n) is 6.43. The molecule has 23 heavy (non-hydrogen) atoms. The zero-order valence-electron chi connectivity index (χ0n) is 13.7. The Morgan fingerprint density at radius 3 is 2.70 bits per heavy atom. The van der Waals surface area contributed by atoms with Crippen LogP contribution in [0.2, 0.25) is 0 Å². The monoisotopic (exact) mass is 309 g/mol. The predicted octanol–water partition coefficient (Wildman–Crippen LogP) is 4.01. The number of hydrogen-bond donors (Lipinski definition) is 1. The molecule has 1 aliphatic rings. The standard InChI is InChI=1S/C19H23N3O/c1-14-6-8-22(9-7-14)19(23)16-11-18(13-20-12-16)21-17-5-3-4-15(2)10-17/h3-5,10-14,21H,6-9H2,1-2H3. The van der Waals surface area contributed by atoms with Crippen LogP contribution in [-0.4, -0.2) is 28.9 Å². The molecule has 1 aliphatic heterocycles. The van der Waals surface area contributed by atoms with Gasteiger partial charge in [-0.1, -0.05) is 19.1 Å². The molecule has 4 heteroatoms. The van der Waals surface area contributed by atoms with Crippen LogP contribution in [0.25, 0.3) is 0 Å². The number of nitrogens with one attached hydrogen (secondary N) is 1. The first-order valence-corrected chi connectivity index (χ1v) is 8.20. The topological polar surface area (TPSA) is 45.2 Å². The van der Waals surface area contributed by atoms with Crippen molar-refractivity contribution in [1.29, 1.82) is 0 Å². The van der Waals surface area contributed by atoms with Gasteiger partial charge in [0.2, 0.25) is 0 Å². The molecule has 0 bridgehead atoms. The van der Waals surface area contributed by atoms with E-state index >= 15 is 0 Å². The zero-order valence-corrected chi connectivity index (χ0v) is 13.7. The van der Waals surface area contributed by atoms with Crippen LogP contribution >= 0.6 is 0 Å². The lowest BCUT2D eigenvalue weighted by molar-refractivity contribution is 0.0697. The molecule has 2 aromatic rings. The molecular formula is C19H23N3O. The first-order chi connectivity index (χ1) is 11.1.